The molecule has 2 N–H and O–H groups in total. The quantitative estimate of drug-likeness (QED) is 0.680. The number of hydrogen-bond acceptors (Lipinski definition) is 1. The van der Waals surface area contributed by atoms with Gasteiger partial charge in [0.15, 0.2) is 0 Å². The van der Waals surface area contributed by atoms with Crippen molar-refractivity contribution in [1.29, 1.82) is 0 Å². The summed E-state index contributed by atoms with van der Waals surface area (Å²) < 4.78 is 0. The topological polar surface area (TPSA) is 26.0 Å². The smallest absolute Gasteiger partial charge is 0.0411 e. The van der Waals surface area contributed by atoms with Gasteiger partial charge in [-0.3, -0.25) is 0 Å². The van der Waals surface area contributed by atoms with Gasteiger partial charge in [0, 0.05) is 6.97 Å². The van der Waals surface area contributed by atoms with Crippen molar-refractivity contribution in [2.24, 2.45) is 5.73 Å². The second-order valence-corrected chi connectivity index (χ2v) is 3.02. The molecule has 0 unspecified atom stereocenters. The molecule has 0 heterocycles. The molecule has 1 aliphatic carbocycles. The Kier molecular flexibility index (Phi) is 2.88. The van der Waals surface area contributed by atoms with E-state index in [-0.39, 0.29) is 6.97 Å². The highest BCUT2D eigenvalue weighted by atomic mass is 14.8. The molecule has 1 aromatic carbocycles. The van der Waals surface area contributed by atoms with Gasteiger partial charge in [-0.2, -0.15) is 0 Å². The van der Waals surface area contributed by atoms with Crippen LogP contribution in [0.15, 0.2) is 30.3 Å². The first-order chi connectivity index (χ1) is 5.81. The van der Waals surface area contributed by atoms with Crippen molar-refractivity contribution in [1.82, 2.24) is 0 Å². The average molecular weight is 165 g/mol. The van der Waals surface area contributed by atoms with Crippen molar-refractivity contribution >= 4 is 0 Å². The summed E-state index contributed by atoms with van der Waals surface area (Å²) in [5, 5.41) is 0. The van der Waals surface area contributed by atoms with Crippen LogP contribution in [0, 0.1) is 0 Å². The summed E-state index contributed by atoms with van der Waals surface area (Å²) >= 11 is 0. The molecule has 1 fully saturated rings. The van der Waals surface area contributed by atoms with Gasteiger partial charge in [-0.05, 0) is 18.4 Å². The third-order valence-electron chi connectivity index (χ3n) is 2.14. The van der Waals surface area contributed by atoms with Crippen LogP contribution in [-0.2, 0) is 5.54 Å². The fourth-order valence-corrected chi connectivity index (χ4v) is 1.19. The summed E-state index contributed by atoms with van der Waals surface area (Å²) in [4.78, 5) is 0. The van der Waals surface area contributed by atoms with Gasteiger partial charge in [0.1, 0.15) is 0 Å². The molecule has 2 rings (SSSR count). The van der Waals surface area contributed by atoms with Crippen molar-refractivity contribution < 1.29 is 1.43 Å². The van der Waals surface area contributed by atoms with Crippen LogP contribution < -0.4 is 5.73 Å². The summed E-state index contributed by atoms with van der Waals surface area (Å²) in [6, 6.07) is 10.3. The van der Waals surface area contributed by atoms with Gasteiger partial charge in [0.2, 0.25) is 0 Å². The molecule has 1 heteroatoms. The number of hydrogen-bond donors (Lipinski definition) is 1. The van der Waals surface area contributed by atoms with Gasteiger partial charge in [-0.15, -0.1) is 0 Å². The predicted octanol–water partition coefficient (Wildman–Crippen LogP) is 2.91. The van der Waals surface area contributed by atoms with Crippen LogP contribution in [0.3, 0.4) is 0 Å². The van der Waals surface area contributed by atoms with E-state index in [1.165, 1.54) is 5.56 Å². The first kappa shape index (κ1) is 9.27. The van der Waals surface area contributed by atoms with E-state index in [1.54, 1.807) is 0 Å². The molecular weight excluding hydrogens is 146 g/mol. The maximum atomic E-state index is 5.97. The highest BCUT2D eigenvalue weighted by Crippen LogP contribution is 2.42. The fraction of sp³-hybridized carbons (Fsp3) is 0.455. The Balaban J connectivity index is 0.000000451. The molecule has 1 saturated carbocycles. The zero-order valence-electron chi connectivity index (χ0n) is 7.88. The highest BCUT2D eigenvalue weighted by molar-refractivity contribution is 5.28. The molecule has 0 amide bonds. The fourth-order valence-electron chi connectivity index (χ4n) is 1.19. The van der Waals surface area contributed by atoms with E-state index >= 15 is 0 Å². The lowest BCUT2D eigenvalue weighted by Crippen LogP contribution is -2.18. The highest BCUT2D eigenvalue weighted by Gasteiger charge is 2.39. The summed E-state index contributed by atoms with van der Waals surface area (Å²) in [5.74, 6) is 0. The van der Waals surface area contributed by atoms with Crippen LogP contribution >= 0.6 is 0 Å². The monoisotopic (exact) mass is 165 g/mol. The molecule has 12 heavy (non-hydrogen) atoms. The van der Waals surface area contributed by atoms with E-state index in [2.05, 4.69) is 12.1 Å². The lowest BCUT2D eigenvalue weighted by Gasteiger charge is -2.06. The maximum Gasteiger partial charge on any atom is 0.0411 e. The van der Waals surface area contributed by atoms with Crippen molar-refractivity contribution in [2.45, 2.75) is 32.2 Å². The normalized spacial score (nSPS) is 17.6. The van der Waals surface area contributed by atoms with E-state index < -0.39 is 0 Å². The zero-order chi connectivity index (χ0) is 9.03. The van der Waals surface area contributed by atoms with E-state index in [9.17, 15) is 0 Å². The van der Waals surface area contributed by atoms with Crippen molar-refractivity contribution in [2.75, 3.05) is 0 Å². The Labute approximate surface area is 76.1 Å². The standard InChI is InChI=1S/C9H11N.C2H6.H2/c10-9(6-7-9)8-4-2-1-3-5-8;1-2;/h1-5H,6-7,10H2;1-2H3;1H. The SMILES string of the molecule is CC.NC1(c2ccccc2)CC1.[HH]. The summed E-state index contributed by atoms with van der Waals surface area (Å²) in [6.07, 6.45) is 2.30. The Morgan fingerprint density at radius 3 is 2.08 bits per heavy atom. The van der Waals surface area contributed by atoms with Crippen LogP contribution in [0.25, 0.3) is 0 Å². The second kappa shape index (κ2) is 3.72. The minimum Gasteiger partial charge on any atom is -0.321 e. The van der Waals surface area contributed by atoms with E-state index in [1.807, 2.05) is 32.0 Å². The van der Waals surface area contributed by atoms with Crippen molar-refractivity contribution in [3.8, 4) is 0 Å². The number of rotatable bonds is 1. The first-order valence-corrected chi connectivity index (χ1v) is 4.66. The van der Waals surface area contributed by atoms with Gasteiger partial charge in [-0.25, -0.2) is 0 Å². The van der Waals surface area contributed by atoms with Crippen LogP contribution in [0.1, 0.15) is 33.7 Å². The average Bonchev–Trinajstić information content (AvgIpc) is 2.90. The van der Waals surface area contributed by atoms with Gasteiger partial charge in [-0.1, -0.05) is 44.2 Å². The van der Waals surface area contributed by atoms with Crippen LogP contribution in [0.4, 0.5) is 0 Å². The van der Waals surface area contributed by atoms with Gasteiger partial charge in [0.05, 0.1) is 0 Å². The summed E-state index contributed by atoms with van der Waals surface area (Å²) in [7, 11) is 0. The Hall–Kier alpha value is -0.820. The van der Waals surface area contributed by atoms with Crippen molar-refractivity contribution in [3.05, 3.63) is 35.9 Å². The third kappa shape index (κ3) is 1.86. The third-order valence-corrected chi connectivity index (χ3v) is 2.14. The molecule has 0 atom stereocenters. The molecule has 0 aromatic heterocycles. The molecule has 0 spiro atoms. The molecule has 0 saturated heterocycles. The van der Waals surface area contributed by atoms with E-state index in [0.717, 1.165) is 12.8 Å². The molecule has 1 aromatic rings. The van der Waals surface area contributed by atoms with Crippen molar-refractivity contribution in [3.63, 3.8) is 0 Å². The predicted molar refractivity (Wildman–Crippen MR) is 55.0 cm³/mol. The molecular formula is C11H19N. The minimum absolute atomic E-state index is 0. The van der Waals surface area contributed by atoms with Gasteiger partial charge < -0.3 is 5.73 Å². The van der Waals surface area contributed by atoms with E-state index in [4.69, 9.17) is 5.73 Å². The van der Waals surface area contributed by atoms with Crippen LogP contribution in [0.5, 0.6) is 0 Å². The molecule has 0 aliphatic heterocycles. The number of nitrogens with two attached hydrogens (primary N) is 1. The lowest BCUT2D eigenvalue weighted by atomic mass is 10.1. The Morgan fingerprint density at radius 1 is 1.17 bits per heavy atom. The molecule has 68 valence electrons. The molecule has 1 aliphatic rings. The van der Waals surface area contributed by atoms with Gasteiger partial charge >= 0.3 is 0 Å². The zero-order valence-corrected chi connectivity index (χ0v) is 7.88. The lowest BCUT2D eigenvalue weighted by molar-refractivity contribution is 0.740. The molecule has 0 bridgehead atoms. The van der Waals surface area contributed by atoms with Crippen LogP contribution in [-0.4, -0.2) is 0 Å². The maximum absolute atomic E-state index is 5.97. The van der Waals surface area contributed by atoms with Crippen LogP contribution in [0.2, 0.25) is 0 Å². The largest absolute Gasteiger partial charge is 0.321 e. The Morgan fingerprint density at radius 2 is 1.67 bits per heavy atom. The number of benzene rings is 1. The summed E-state index contributed by atoms with van der Waals surface area (Å²) in [6.45, 7) is 4.00. The molecule has 0 radical (unpaired) electrons. The summed E-state index contributed by atoms with van der Waals surface area (Å²) in [5.41, 5.74) is 7.30. The molecule has 1 nitrogen and oxygen atoms in total. The minimum atomic E-state index is 0. The Bertz CT molecular complexity index is 229. The van der Waals surface area contributed by atoms with Gasteiger partial charge in [0.25, 0.3) is 0 Å². The first-order valence-electron chi connectivity index (χ1n) is 4.66. The second-order valence-electron chi connectivity index (χ2n) is 3.02. The van der Waals surface area contributed by atoms with E-state index in [0.29, 0.717) is 0 Å².